The highest BCUT2D eigenvalue weighted by atomic mass is 16.5. The van der Waals surface area contributed by atoms with Crippen LogP contribution in [0.15, 0.2) is 30.3 Å². The van der Waals surface area contributed by atoms with E-state index in [4.69, 9.17) is 9.47 Å². The molecule has 6 nitrogen and oxygen atoms in total. The van der Waals surface area contributed by atoms with Crippen molar-refractivity contribution in [3.05, 3.63) is 52.6 Å². The van der Waals surface area contributed by atoms with Crippen molar-refractivity contribution in [3.8, 4) is 11.5 Å². The molecule has 1 aliphatic heterocycles. The summed E-state index contributed by atoms with van der Waals surface area (Å²) in [5.41, 5.74) is 4.42. The Hall–Kier alpha value is -3.02. The van der Waals surface area contributed by atoms with Gasteiger partial charge in [-0.15, -0.1) is 0 Å². The molecule has 0 radical (unpaired) electrons. The van der Waals surface area contributed by atoms with E-state index in [0.29, 0.717) is 30.9 Å². The second kappa shape index (κ2) is 7.70. The zero-order valence-electron chi connectivity index (χ0n) is 16.1. The molecule has 2 amide bonds. The monoisotopic (exact) mass is 368 g/mol. The quantitative estimate of drug-likeness (QED) is 0.846. The standard InChI is InChI=1S/C21H24N2O4/c1-13-10-17(14(2)19(11-13)27-4)22-20(24)21(25)23-9-8-15-6-5-7-18(26-3)16(15)12-23/h5-7,10-11H,8-9,12H2,1-4H3,(H,22,24). The molecular weight excluding hydrogens is 344 g/mol. The Balaban J connectivity index is 1.77. The Morgan fingerprint density at radius 1 is 1.07 bits per heavy atom. The molecule has 2 aromatic carbocycles. The molecule has 2 aromatic rings. The zero-order chi connectivity index (χ0) is 19.6. The van der Waals surface area contributed by atoms with Crippen LogP contribution in [0.4, 0.5) is 5.69 Å². The maximum absolute atomic E-state index is 12.7. The molecule has 142 valence electrons. The third kappa shape index (κ3) is 3.74. The van der Waals surface area contributed by atoms with Gasteiger partial charge in [0.05, 0.1) is 20.8 Å². The van der Waals surface area contributed by atoms with E-state index in [9.17, 15) is 9.59 Å². The molecule has 0 bridgehead atoms. The Labute approximate surface area is 159 Å². The van der Waals surface area contributed by atoms with Crippen molar-refractivity contribution in [2.24, 2.45) is 0 Å². The van der Waals surface area contributed by atoms with Crippen LogP contribution < -0.4 is 14.8 Å². The van der Waals surface area contributed by atoms with Crippen LogP contribution in [0.25, 0.3) is 0 Å². The molecule has 0 fully saturated rings. The first-order valence-electron chi connectivity index (χ1n) is 8.84. The number of ether oxygens (including phenoxy) is 2. The molecule has 0 aromatic heterocycles. The lowest BCUT2D eigenvalue weighted by molar-refractivity contribution is -0.143. The van der Waals surface area contributed by atoms with E-state index >= 15 is 0 Å². The summed E-state index contributed by atoms with van der Waals surface area (Å²) in [6.07, 6.45) is 0.697. The van der Waals surface area contributed by atoms with Gasteiger partial charge in [-0.3, -0.25) is 9.59 Å². The first-order chi connectivity index (χ1) is 12.9. The van der Waals surface area contributed by atoms with Gasteiger partial charge in [-0.25, -0.2) is 0 Å². The normalized spacial score (nSPS) is 13.0. The number of nitrogens with one attached hydrogen (secondary N) is 1. The summed E-state index contributed by atoms with van der Waals surface area (Å²) in [5, 5.41) is 2.73. The van der Waals surface area contributed by atoms with Gasteiger partial charge in [0.2, 0.25) is 0 Å². The first kappa shape index (κ1) is 18.8. The maximum Gasteiger partial charge on any atom is 0.313 e. The highest BCUT2D eigenvalue weighted by molar-refractivity contribution is 6.39. The van der Waals surface area contributed by atoms with E-state index in [0.717, 1.165) is 28.0 Å². The number of carbonyl (C=O) groups excluding carboxylic acids is 2. The minimum atomic E-state index is -0.649. The van der Waals surface area contributed by atoms with E-state index in [2.05, 4.69) is 5.32 Å². The Bertz CT molecular complexity index is 878. The summed E-state index contributed by atoms with van der Waals surface area (Å²) < 4.78 is 10.7. The summed E-state index contributed by atoms with van der Waals surface area (Å²) >= 11 is 0. The SMILES string of the molecule is COc1cc(C)cc(NC(=O)C(=O)N2CCc3cccc(OC)c3C2)c1C. The predicted molar refractivity (Wildman–Crippen MR) is 103 cm³/mol. The molecule has 1 aliphatic rings. The summed E-state index contributed by atoms with van der Waals surface area (Å²) in [6.45, 7) is 4.62. The number of hydrogen-bond donors (Lipinski definition) is 1. The van der Waals surface area contributed by atoms with Crippen LogP contribution in [0.1, 0.15) is 22.3 Å². The highest BCUT2D eigenvalue weighted by Crippen LogP contribution is 2.29. The van der Waals surface area contributed by atoms with Gasteiger partial charge in [0, 0.05) is 23.4 Å². The number of fused-ring (bicyclic) bond motifs is 1. The van der Waals surface area contributed by atoms with Crippen molar-refractivity contribution in [1.29, 1.82) is 0 Å². The highest BCUT2D eigenvalue weighted by Gasteiger charge is 2.28. The zero-order valence-corrected chi connectivity index (χ0v) is 16.1. The maximum atomic E-state index is 12.7. The number of anilines is 1. The van der Waals surface area contributed by atoms with Crippen molar-refractivity contribution in [2.75, 3.05) is 26.1 Å². The van der Waals surface area contributed by atoms with Crippen LogP contribution in [-0.4, -0.2) is 37.5 Å². The van der Waals surface area contributed by atoms with E-state index in [1.165, 1.54) is 0 Å². The lowest BCUT2D eigenvalue weighted by Crippen LogP contribution is -2.42. The molecular formula is C21H24N2O4. The third-order valence-corrected chi connectivity index (χ3v) is 4.90. The van der Waals surface area contributed by atoms with Gasteiger partial charge in [-0.05, 0) is 49.6 Å². The molecule has 0 atom stereocenters. The van der Waals surface area contributed by atoms with Crippen LogP contribution in [0.3, 0.4) is 0 Å². The Morgan fingerprint density at radius 3 is 2.52 bits per heavy atom. The molecule has 0 saturated carbocycles. The van der Waals surface area contributed by atoms with Crippen molar-refractivity contribution in [1.82, 2.24) is 4.90 Å². The summed E-state index contributed by atoms with van der Waals surface area (Å²) in [5.74, 6) is 0.217. The molecule has 3 rings (SSSR count). The van der Waals surface area contributed by atoms with Crippen molar-refractivity contribution < 1.29 is 19.1 Å². The van der Waals surface area contributed by atoms with Gasteiger partial charge in [-0.2, -0.15) is 0 Å². The fourth-order valence-electron chi connectivity index (χ4n) is 3.40. The van der Waals surface area contributed by atoms with Crippen LogP contribution >= 0.6 is 0 Å². The number of amides is 2. The number of carbonyl (C=O) groups is 2. The van der Waals surface area contributed by atoms with Crippen molar-refractivity contribution in [2.45, 2.75) is 26.8 Å². The van der Waals surface area contributed by atoms with E-state index < -0.39 is 11.8 Å². The molecule has 0 unspecified atom stereocenters. The van der Waals surface area contributed by atoms with Gasteiger partial charge < -0.3 is 19.7 Å². The van der Waals surface area contributed by atoms with Crippen LogP contribution in [0, 0.1) is 13.8 Å². The van der Waals surface area contributed by atoms with Gasteiger partial charge in [0.25, 0.3) is 0 Å². The minimum absolute atomic E-state index is 0.363. The molecule has 27 heavy (non-hydrogen) atoms. The van der Waals surface area contributed by atoms with Crippen molar-refractivity contribution >= 4 is 17.5 Å². The summed E-state index contributed by atoms with van der Waals surface area (Å²) in [6, 6.07) is 9.56. The molecule has 6 heteroatoms. The average Bonchev–Trinajstić information content (AvgIpc) is 2.68. The Kier molecular flexibility index (Phi) is 5.35. The minimum Gasteiger partial charge on any atom is -0.496 e. The summed E-state index contributed by atoms with van der Waals surface area (Å²) in [7, 11) is 3.19. The average molecular weight is 368 g/mol. The van der Waals surface area contributed by atoms with Crippen molar-refractivity contribution in [3.63, 3.8) is 0 Å². The van der Waals surface area contributed by atoms with E-state index in [-0.39, 0.29) is 0 Å². The van der Waals surface area contributed by atoms with E-state index in [1.807, 2.05) is 44.2 Å². The largest absolute Gasteiger partial charge is 0.496 e. The second-order valence-electron chi connectivity index (χ2n) is 6.67. The van der Waals surface area contributed by atoms with E-state index in [1.54, 1.807) is 19.1 Å². The smallest absolute Gasteiger partial charge is 0.313 e. The topological polar surface area (TPSA) is 67.9 Å². The van der Waals surface area contributed by atoms with Gasteiger partial charge >= 0.3 is 11.8 Å². The molecule has 0 aliphatic carbocycles. The summed E-state index contributed by atoms with van der Waals surface area (Å²) in [4.78, 5) is 26.8. The number of aryl methyl sites for hydroxylation is 1. The third-order valence-electron chi connectivity index (χ3n) is 4.90. The second-order valence-corrected chi connectivity index (χ2v) is 6.67. The van der Waals surface area contributed by atoms with Crippen LogP contribution in [-0.2, 0) is 22.6 Å². The predicted octanol–water partition coefficient (Wildman–Crippen LogP) is 2.84. The van der Waals surface area contributed by atoms with Crippen LogP contribution in [0.2, 0.25) is 0 Å². The number of hydrogen-bond acceptors (Lipinski definition) is 4. The number of rotatable bonds is 3. The molecule has 1 N–H and O–H groups in total. The molecule has 0 saturated heterocycles. The van der Waals surface area contributed by atoms with Gasteiger partial charge in [-0.1, -0.05) is 12.1 Å². The lowest BCUT2D eigenvalue weighted by atomic mass is 9.98. The van der Waals surface area contributed by atoms with Crippen LogP contribution in [0.5, 0.6) is 11.5 Å². The van der Waals surface area contributed by atoms with Gasteiger partial charge in [0.1, 0.15) is 11.5 Å². The Morgan fingerprint density at radius 2 is 1.81 bits per heavy atom. The molecule has 0 spiro atoms. The molecule has 1 heterocycles. The van der Waals surface area contributed by atoms with Gasteiger partial charge in [0.15, 0.2) is 0 Å². The number of nitrogens with zero attached hydrogens (tertiary/aromatic N) is 1. The lowest BCUT2D eigenvalue weighted by Gasteiger charge is -2.29. The fourth-order valence-corrected chi connectivity index (χ4v) is 3.40. The first-order valence-corrected chi connectivity index (χ1v) is 8.84. The fraction of sp³-hybridized carbons (Fsp3) is 0.333. The number of methoxy groups -OCH3 is 2. The number of benzene rings is 2.